The standard InChI is InChI=1S/C10H16ClN3O2S2/c1-14-6-12-10(9(14)11)18(15,16)13-7-3-4-8(5-7)17-2/h6-8,13H,3-5H2,1-2H3. The number of sulfonamides is 1. The van der Waals surface area contributed by atoms with E-state index < -0.39 is 10.0 Å². The summed E-state index contributed by atoms with van der Waals surface area (Å²) in [4.78, 5) is 3.84. The number of hydrogen-bond donors (Lipinski definition) is 1. The van der Waals surface area contributed by atoms with Crippen molar-refractivity contribution in [3.05, 3.63) is 11.5 Å². The first-order valence-corrected chi connectivity index (χ1v) is 8.81. The van der Waals surface area contributed by atoms with Gasteiger partial charge in [-0.1, -0.05) is 11.6 Å². The normalized spacial score (nSPS) is 24.6. The van der Waals surface area contributed by atoms with Crippen LogP contribution in [-0.4, -0.2) is 35.5 Å². The molecule has 2 rings (SSSR count). The summed E-state index contributed by atoms with van der Waals surface area (Å²) in [5.74, 6) is 0. The number of imidazole rings is 1. The van der Waals surface area contributed by atoms with Gasteiger partial charge in [0.25, 0.3) is 10.0 Å². The van der Waals surface area contributed by atoms with E-state index in [4.69, 9.17) is 11.6 Å². The number of nitrogens with zero attached hydrogens (tertiary/aromatic N) is 2. The average molecular weight is 310 g/mol. The Labute approximate surface area is 116 Å². The molecule has 1 saturated carbocycles. The van der Waals surface area contributed by atoms with Crippen molar-refractivity contribution in [1.29, 1.82) is 0 Å². The number of thioether (sulfide) groups is 1. The number of aryl methyl sites for hydroxylation is 1. The first-order chi connectivity index (χ1) is 8.44. The smallest absolute Gasteiger partial charge is 0.261 e. The number of rotatable bonds is 4. The van der Waals surface area contributed by atoms with Crippen molar-refractivity contribution in [2.75, 3.05) is 6.26 Å². The molecule has 0 aliphatic heterocycles. The van der Waals surface area contributed by atoms with Gasteiger partial charge < -0.3 is 4.57 Å². The van der Waals surface area contributed by atoms with Crippen molar-refractivity contribution >= 4 is 33.4 Å². The number of hydrogen-bond acceptors (Lipinski definition) is 4. The van der Waals surface area contributed by atoms with Gasteiger partial charge in [0.15, 0.2) is 0 Å². The highest BCUT2D eigenvalue weighted by molar-refractivity contribution is 7.99. The summed E-state index contributed by atoms with van der Waals surface area (Å²) in [5.41, 5.74) is 0. The minimum Gasteiger partial charge on any atom is -0.324 e. The van der Waals surface area contributed by atoms with E-state index >= 15 is 0 Å². The molecule has 0 bridgehead atoms. The highest BCUT2D eigenvalue weighted by Gasteiger charge is 2.30. The van der Waals surface area contributed by atoms with Gasteiger partial charge in [-0.2, -0.15) is 11.8 Å². The molecule has 0 amide bonds. The Balaban J connectivity index is 2.11. The Bertz CT molecular complexity index is 529. The van der Waals surface area contributed by atoms with Crippen LogP contribution in [0.5, 0.6) is 0 Å². The molecule has 1 fully saturated rings. The Morgan fingerprint density at radius 3 is 2.78 bits per heavy atom. The largest absolute Gasteiger partial charge is 0.324 e. The van der Waals surface area contributed by atoms with Gasteiger partial charge in [-0.15, -0.1) is 0 Å². The zero-order chi connectivity index (χ0) is 13.3. The first kappa shape index (κ1) is 14.2. The van der Waals surface area contributed by atoms with Gasteiger partial charge in [0, 0.05) is 18.3 Å². The summed E-state index contributed by atoms with van der Waals surface area (Å²) in [6.45, 7) is 0. The summed E-state index contributed by atoms with van der Waals surface area (Å²) in [6.07, 6.45) is 6.23. The van der Waals surface area contributed by atoms with E-state index in [1.807, 2.05) is 0 Å². The van der Waals surface area contributed by atoms with Crippen LogP contribution < -0.4 is 4.72 Å². The lowest BCUT2D eigenvalue weighted by Gasteiger charge is -2.12. The third kappa shape index (κ3) is 2.84. The molecule has 0 saturated heterocycles. The maximum absolute atomic E-state index is 12.1. The first-order valence-electron chi connectivity index (χ1n) is 5.66. The van der Waals surface area contributed by atoms with E-state index in [0.717, 1.165) is 19.3 Å². The van der Waals surface area contributed by atoms with Crippen LogP contribution in [0, 0.1) is 0 Å². The van der Waals surface area contributed by atoms with E-state index in [2.05, 4.69) is 16.0 Å². The summed E-state index contributed by atoms with van der Waals surface area (Å²) >= 11 is 7.70. The second-order valence-corrected chi connectivity index (χ2v) is 7.57. The second kappa shape index (κ2) is 5.40. The summed E-state index contributed by atoms with van der Waals surface area (Å²) < 4.78 is 28.4. The van der Waals surface area contributed by atoms with Crippen LogP contribution in [0.2, 0.25) is 5.15 Å². The fraction of sp³-hybridized carbons (Fsp3) is 0.700. The Hall–Kier alpha value is -0.240. The molecule has 0 spiro atoms. The third-order valence-corrected chi connectivity index (χ3v) is 6.23. The minimum absolute atomic E-state index is 0.00878. The molecule has 0 radical (unpaired) electrons. The third-order valence-electron chi connectivity index (χ3n) is 3.13. The van der Waals surface area contributed by atoms with Crippen LogP contribution in [0.25, 0.3) is 0 Å². The summed E-state index contributed by atoms with van der Waals surface area (Å²) in [7, 11) is -1.95. The lowest BCUT2D eigenvalue weighted by atomic mass is 10.3. The summed E-state index contributed by atoms with van der Waals surface area (Å²) in [5, 5.41) is 0.595. The molecule has 18 heavy (non-hydrogen) atoms. The predicted octanol–water partition coefficient (Wildman–Crippen LogP) is 1.64. The van der Waals surface area contributed by atoms with Crippen molar-refractivity contribution in [2.45, 2.75) is 35.6 Å². The zero-order valence-corrected chi connectivity index (χ0v) is 12.6. The van der Waals surface area contributed by atoms with Crippen molar-refractivity contribution in [3.8, 4) is 0 Å². The van der Waals surface area contributed by atoms with Crippen LogP contribution in [0.4, 0.5) is 0 Å². The van der Waals surface area contributed by atoms with Gasteiger partial charge in [0.1, 0.15) is 5.15 Å². The van der Waals surface area contributed by atoms with Crippen molar-refractivity contribution in [1.82, 2.24) is 14.3 Å². The molecule has 2 unspecified atom stereocenters. The number of nitrogens with one attached hydrogen (secondary N) is 1. The van der Waals surface area contributed by atoms with Crippen molar-refractivity contribution in [3.63, 3.8) is 0 Å². The quantitative estimate of drug-likeness (QED) is 0.918. The molecule has 0 aromatic carbocycles. The van der Waals surface area contributed by atoms with Gasteiger partial charge >= 0.3 is 0 Å². The van der Waals surface area contributed by atoms with Gasteiger partial charge in [0.05, 0.1) is 6.33 Å². The number of aromatic nitrogens is 2. The van der Waals surface area contributed by atoms with Gasteiger partial charge in [0.2, 0.25) is 5.03 Å². The predicted molar refractivity (Wildman–Crippen MR) is 73.5 cm³/mol. The maximum Gasteiger partial charge on any atom is 0.261 e. The average Bonchev–Trinajstić information content (AvgIpc) is 2.87. The topological polar surface area (TPSA) is 64.0 Å². The Kier molecular flexibility index (Phi) is 4.25. The molecule has 1 aromatic rings. The van der Waals surface area contributed by atoms with E-state index in [-0.39, 0.29) is 16.2 Å². The molecule has 1 heterocycles. The second-order valence-electron chi connectivity index (χ2n) is 4.44. The van der Waals surface area contributed by atoms with Crippen LogP contribution in [0.3, 0.4) is 0 Å². The van der Waals surface area contributed by atoms with Gasteiger partial charge in [-0.05, 0) is 25.5 Å². The van der Waals surface area contributed by atoms with Crippen molar-refractivity contribution < 1.29 is 8.42 Å². The van der Waals surface area contributed by atoms with Crippen LogP contribution in [0.1, 0.15) is 19.3 Å². The lowest BCUT2D eigenvalue weighted by Crippen LogP contribution is -2.33. The molecule has 8 heteroatoms. The fourth-order valence-corrected chi connectivity index (χ4v) is 4.62. The molecular formula is C10H16ClN3O2S2. The van der Waals surface area contributed by atoms with E-state index in [9.17, 15) is 8.42 Å². The zero-order valence-electron chi connectivity index (χ0n) is 10.3. The molecule has 102 valence electrons. The molecule has 1 aliphatic carbocycles. The van der Waals surface area contributed by atoms with E-state index in [1.165, 1.54) is 10.9 Å². The fourth-order valence-electron chi connectivity index (χ4n) is 2.11. The highest BCUT2D eigenvalue weighted by atomic mass is 35.5. The van der Waals surface area contributed by atoms with E-state index in [1.54, 1.807) is 18.8 Å². The molecule has 1 aliphatic rings. The molecule has 5 nitrogen and oxygen atoms in total. The maximum atomic E-state index is 12.1. The van der Waals surface area contributed by atoms with Crippen LogP contribution >= 0.6 is 23.4 Å². The summed E-state index contributed by atoms with van der Waals surface area (Å²) in [6, 6.07) is -0.00878. The van der Waals surface area contributed by atoms with Gasteiger partial charge in [-0.25, -0.2) is 18.1 Å². The monoisotopic (exact) mass is 309 g/mol. The number of halogens is 1. The molecular weight excluding hydrogens is 294 g/mol. The van der Waals surface area contributed by atoms with E-state index in [0.29, 0.717) is 5.25 Å². The SMILES string of the molecule is CSC1CCC(NS(=O)(=O)c2ncn(C)c2Cl)C1. The van der Waals surface area contributed by atoms with Crippen LogP contribution in [-0.2, 0) is 17.1 Å². The molecule has 2 atom stereocenters. The Morgan fingerprint density at radius 1 is 1.56 bits per heavy atom. The van der Waals surface area contributed by atoms with Crippen molar-refractivity contribution in [2.24, 2.45) is 7.05 Å². The molecule has 1 aromatic heterocycles. The highest BCUT2D eigenvalue weighted by Crippen LogP contribution is 2.29. The Morgan fingerprint density at radius 2 is 2.28 bits per heavy atom. The minimum atomic E-state index is -3.61. The molecule has 1 N–H and O–H groups in total. The lowest BCUT2D eigenvalue weighted by molar-refractivity contribution is 0.550. The van der Waals surface area contributed by atoms with Gasteiger partial charge in [-0.3, -0.25) is 0 Å². The van der Waals surface area contributed by atoms with Crippen LogP contribution in [0.15, 0.2) is 11.4 Å².